The molecule has 5 heteroatoms. The van der Waals surface area contributed by atoms with Gasteiger partial charge in [0.25, 0.3) is 0 Å². The highest BCUT2D eigenvalue weighted by Gasteiger charge is 2.06. The van der Waals surface area contributed by atoms with Gasteiger partial charge >= 0.3 is 0 Å². The topological polar surface area (TPSA) is 51.8 Å². The van der Waals surface area contributed by atoms with Crippen LogP contribution in [-0.2, 0) is 0 Å². The molecule has 1 heterocycles. The molecule has 3 rings (SSSR count). The van der Waals surface area contributed by atoms with E-state index in [9.17, 15) is 4.39 Å². The van der Waals surface area contributed by atoms with Gasteiger partial charge in [-0.2, -0.15) is 0 Å². The summed E-state index contributed by atoms with van der Waals surface area (Å²) in [6.45, 7) is 0. The molecule has 2 N–H and O–H groups in total. The summed E-state index contributed by atoms with van der Waals surface area (Å²) in [5.41, 5.74) is 9.59. The number of anilines is 1. The van der Waals surface area contributed by atoms with Crippen molar-refractivity contribution in [2.24, 2.45) is 0 Å². The summed E-state index contributed by atoms with van der Waals surface area (Å²) in [4.78, 5) is 8.64. The van der Waals surface area contributed by atoms with Gasteiger partial charge < -0.3 is 5.73 Å². The Hall–Kier alpha value is -2.17. The lowest BCUT2D eigenvalue weighted by Gasteiger charge is -2.05. The molecular formula is C12H9BFN3. The lowest BCUT2D eigenvalue weighted by molar-refractivity contribution is 0.637. The number of hydrogen-bond acceptors (Lipinski definition) is 3. The number of nitrogens with two attached hydrogens (primary N) is 1. The lowest BCUT2D eigenvalue weighted by Crippen LogP contribution is -2.09. The fourth-order valence-electron chi connectivity index (χ4n) is 1.83. The van der Waals surface area contributed by atoms with Crippen molar-refractivity contribution in [2.75, 3.05) is 5.73 Å². The first-order chi connectivity index (χ1) is 8.15. The zero-order valence-corrected chi connectivity index (χ0v) is 9.24. The van der Waals surface area contributed by atoms with E-state index < -0.39 is 0 Å². The Morgan fingerprint density at radius 1 is 1.06 bits per heavy atom. The van der Waals surface area contributed by atoms with E-state index in [1.165, 1.54) is 6.07 Å². The van der Waals surface area contributed by atoms with Crippen LogP contribution in [0.2, 0.25) is 0 Å². The van der Waals surface area contributed by atoms with E-state index in [-0.39, 0.29) is 5.82 Å². The normalized spacial score (nSPS) is 11.1. The predicted octanol–water partition coefficient (Wildman–Crippen LogP) is 0.763. The number of nitrogen functional groups attached to an aromatic ring is 1. The summed E-state index contributed by atoms with van der Waals surface area (Å²) >= 11 is 0. The summed E-state index contributed by atoms with van der Waals surface area (Å²) in [7, 11) is 1.89. The molecule has 0 spiro atoms. The fraction of sp³-hybridized carbons (Fsp3) is 0. The average Bonchev–Trinajstić information content (AvgIpc) is 2.29. The van der Waals surface area contributed by atoms with Crippen LogP contribution in [0.4, 0.5) is 10.1 Å². The Labute approximate surface area is 97.9 Å². The number of hydrogen-bond donors (Lipinski definition) is 1. The van der Waals surface area contributed by atoms with Gasteiger partial charge in [0.05, 0.1) is 16.6 Å². The highest BCUT2D eigenvalue weighted by molar-refractivity contribution is 6.36. The summed E-state index contributed by atoms with van der Waals surface area (Å²) in [6.07, 6.45) is 0. The summed E-state index contributed by atoms with van der Waals surface area (Å²) < 4.78 is 13.6. The van der Waals surface area contributed by atoms with E-state index in [1.807, 2.05) is 13.9 Å². The third-order valence-electron chi connectivity index (χ3n) is 2.80. The van der Waals surface area contributed by atoms with Crippen molar-refractivity contribution in [1.82, 2.24) is 9.97 Å². The van der Waals surface area contributed by atoms with Gasteiger partial charge in [-0.05, 0) is 24.3 Å². The van der Waals surface area contributed by atoms with Gasteiger partial charge in [0, 0.05) is 5.69 Å². The first-order valence-electron chi connectivity index (χ1n) is 5.27. The second-order valence-electron chi connectivity index (χ2n) is 4.03. The van der Waals surface area contributed by atoms with Gasteiger partial charge in [-0.25, -0.2) is 14.4 Å². The van der Waals surface area contributed by atoms with E-state index >= 15 is 0 Å². The summed E-state index contributed by atoms with van der Waals surface area (Å²) in [5.74, 6) is -0.355. The van der Waals surface area contributed by atoms with Crippen LogP contribution in [0.3, 0.4) is 0 Å². The maximum absolute atomic E-state index is 13.6. The van der Waals surface area contributed by atoms with E-state index in [0.29, 0.717) is 27.8 Å². The van der Waals surface area contributed by atoms with Gasteiger partial charge in [0.1, 0.15) is 13.4 Å². The monoisotopic (exact) mass is 225 g/mol. The molecule has 0 unspecified atom stereocenters. The molecule has 0 radical (unpaired) electrons. The number of aromatic nitrogens is 2. The van der Waals surface area contributed by atoms with Crippen molar-refractivity contribution in [3.05, 3.63) is 36.1 Å². The summed E-state index contributed by atoms with van der Waals surface area (Å²) in [5, 5.41) is 0. The van der Waals surface area contributed by atoms with E-state index in [2.05, 4.69) is 9.97 Å². The van der Waals surface area contributed by atoms with Crippen LogP contribution in [0.1, 0.15) is 0 Å². The minimum absolute atomic E-state index is 0.296. The zero-order chi connectivity index (χ0) is 12.0. The maximum Gasteiger partial charge on any atom is 0.151 e. The molecular weight excluding hydrogens is 216 g/mol. The second kappa shape index (κ2) is 3.41. The molecule has 0 atom stereocenters. The fourth-order valence-corrected chi connectivity index (χ4v) is 1.83. The van der Waals surface area contributed by atoms with Gasteiger partial charge in [0.2, 0.25) is 0 Å². The van der Waals surface area contributed by atoms with Crippen LogP contribution < -0.4 is 11.2 Å². The third kappa shape index (κ3) is 1.51. The van der Waals surface area contributed by atoms with Crippen molar-refractivity contribution in [1.29, 1.82) is 0 Å². The van der Waals surface area contributed by atoms with Crippen LogP contribution >= 0.6 is 0 Å². The quantitative estimate of drug-likeness (QED) is 0.349. The highest BCUT2D eigenvalue weighted by Crippen LogP contribution is 2.18. The van der Waals surface area contributed by atoms with Gasteiger partial charge in [-0.15, -0.1) is 0 Å². The molecule has 3 aromatic rings. The molecule has 2 aromatic carbocycles. The number of nitrogens with zero attached hydrogens (tertiary/aromatic N) is 2. The van der Waals surface area contributed by atoms with Crippen LogP contribution in [0.25, 0.3) is 22.1 Å². The lowest BCUT2D eigenvalue weighted by atomic mass is 9.93. The maximum atomic E-state index is 13.6. The molecule has 3 nitrogen and oxygen atoms in total. The van der Waals surface area contributed by atoms with Crippen molar-refractivity contribution in [2.45, 2.75) is 0 Å². The molecule has 0 saturated heterocycles. The van der Waals surface area contributed by atoms with Crippen molar-refractivity contribution < 1.29 is 4.39 Å². The number of rotatable bonds is 0. The second-order valence-corrected chi connectivity index (χ2v) is 4.03. The standard InChI is InChI=1S/C12H9BFN3/c13-6-4-10-11(5-8(6)15)16-9-3-1-2-7(14)12(9)17-10/h1-5H,13,15H2. The summed E-state index contributed by atoms with van der Waals surface area (Å²) in [6, 6.07) is 8.33. The predicted molar refractivity (Wildman–Crippen MR) is 69.6 cm³/mol. The molecule has 0 aliphatic carbocycles. The molecule has 0 aliphatic heterocycles. The Kier molecular flexibility index (Phi) is 2.01. The number of para-hydroxylation sites is 1. The van der Waals surface area contributed by atoms with Gasteiger partial charge in [-0.3, -0.25) is 0 Å². The molecule has 0 bridgehead atoms. The van der Waals surface area contributed by atoms with E-state index in [0.717, 1.165) is 5.46 Å². The Morgan fingerprint density at radius 3 is 2.65 bits per heavy atom. The molecule has 0 saturated carbocycles. The first-order valence-corrected chi connectivity index (χ1v) is 5.27. The highest BCUT2D eigenvalue weighted by atomic mass is 19.1. The number of fused-ring (bicyclic) bond motifs is 2. The largest absolute Gasteiger partial charge is 0.399 e. The minimum atomic E-state index is -0.355. The van der Waals surface area contributed by atoms with Gasteiger partial charge in [-0.1, -0.05) is 11.5 Å². The van der Waals surface area contributed by atoms with Crippen molar-refractivity contribution >= 4 is 41.1 Å². The zero-order valence-electron chi connectivity index (χ0n) is 9.24. The molecule has 82 valence electrons. The minimum Gasteiger partial charge on any atom is -0.399 e. The smallest absolute Gasteiger partial charge is 0.151 e. The van der Waals surface area contributed by atoms with Crippen LogP contribution in [0.15, 0.2) is 30.3 Å². The Morgan fingerprint density at radius 2 is 1.82 bits per heavy atom. The van der Waals surface area contributed by atoms with Crippen molar-refractivity contribution in [3.8, 4) is 0 Å². The molecule has 1 aromatic heterocycles. The average molecular weight is 225 g/mol. The van der Waals surface area contributed by atoms with Crippen LogP contribution in [-0.4, -0.2) is 17.8 Å². The third-order valence-corrected chi connectivity index (χ3v) is 2.80. The van der Waals surface area contributed by atoms with Crippen LogP contribution in [0, 0.1) is 5.82 Å². The van der Waals surface area contributed by atoms with E-state index in [1.54, 1.807) is 18.2 Å². The van der Waals surface area contributed by atoms with Crippen molar-refractivity contribution in [3.63, 3.8) is 0 Å². The molecule has 0 aliphatic rings. The molecule has 17 heavy (non-hydrogen) atoms. The number of halogens is 1. The Balaban J connectivity index is 2.48. The number of benzene rings is 2. The van der Waals surface area contributed by atoms with E-state index in [4.69, 9.17) is 5.73 Å². The molecule has 0 fully saturated rings. The van der Waals surface area contributed by atoms with Gasteiger partial charge in [0.15, 0.2) is 5.82 Å². The SMILES string of the molecule is Bc1cc2nc3c(F)cccc3nc2cc1N. The van der Waals surface area contributed by atoms with Crippen LogP contribution in [0.5, 0.6) is 0 Å². The molecule has 0 amide bonds. The Bertz CT molecular complexity index is 742. The first kappa shape index (κ1) is 10.0.